The van der Waals surface area contributed by atoms with Crippen LogP contribution in [0.3, 0.4) is 0 Å². The van der Waals surface area contributed by atoms with Crippen molar-refractivity contribution < 1.29 is 0 Å². The van der Waals surface area contributed by atoms with Gasteiger partial charge in [0.25, 0.3) is 0 Å². The predicted octanol–water partition coefficient (Wildman–Crippen LogP) is 3.07. The summed E-state index contributed by atoms with van der Waals surface area (Å²) in [5.74, 6) is 0.328. The molecule has 0 bridgehead atoms. The van der Waals surface area contributed by atoms with Crippen molar-refractivity contribution in [3.05, 3.63) is 47.0 Å². The van der Waals surface area contributed by atoms with Crippen molar-refractivity contribution in [2.24, 2.45) is 0 Å². The summed E-state index contributed by atoms with van der Waals surface area (Å²) in [6.07, 6.45) is 3.32. The topological polar surface area (TPSA) is 53.6 Å². The van der Waals surface area contributed by atoms with Crippen LogP contribution in [0.15, 0.2) is 30.6 Å². The lowest BCUT2D eigenvalue weighted by atomic mass is 10.1. The molecule has 0 spiro atoms. The zero-order valence-corrected chi connectivity index (χ0v) is 11.6. The Bertz CT molecular complexity index is 612. The molecule has 0 aliphatic heterocycles. The third-order valence-corrected chi connectivity index (χ3v) is 3.29. The van der Waals surface area contributed by atoms with Gasteiger partial charge >= 0.3 is 0 Å². The van der Waals surface area contributed by atoms with Gasteiger partial charge in [0.05, 0.1) is 10.7 Å². The SMILES string of the molecule is CCNC(C)c1ccc(-n2ccnc2C#N)c(Cl)c1. The third-order valence-electron chi connectivity index (χ3n) is 2.98. The van der Waals surface area contributed by atoms with Gasteiger partial charge in [-0.15, -0.1) is 0 Å². The molecule has 19 heavy (non-hydrogen) atoms. The van der Waals surface area contributed by atoms with Gasteiger partial charge in [-0.25, -0.2) is 4.98 Å². The minimum absolute atomic E-state index is 0.245. The second-order valence-corrected chi connectivity index (χ2v) is 4.63. The lowest BCUT2D eigenvalue weighted by Crippen LogP contribution is -2.17. The fraction of sp³-hybridized carbons (Fsp3) is 0.286. The van der Waals surface area contributed by atoms with Crippen molar-refractivity contribution >= 4 is 11.6 Å². The normalized spacial score (nSPS) is 12.1. The molecular formula is C14H15ClN4. The highest BCUT2D eigenvalue weighted by Crippen LogP contribution is 2.25. The van der Waals surface area contributed by atoms with E-state index in [1.54, 1.807) is 17.0 Å². The summed E-state index contributed by atoms with van der Waals surface area (Å²) in [6.45, 7) is 5.06. The fourth-order valence-electron chi connectivity index (χ4n) is 1.99. The van der Waals surface area contributed by atoms with Gasteiger partial charge in [0.15, 0.2) is 0 Å². The molecule has 0 amide bonds. The van der Waals surface area contributed by atoms with E-state index >= 15 is 0 Å². The number of benzene rings is 1. The monoisotopic (exact) mass is 274 g/mol. The Morgan fingerprint density at radius 1 is 1.53 bits per heavy atom. The quantitative estimate of drug-likeness (QED) is 0.932. The number of hydrogen-bond donors (Lipinski definition) is 1. The number of nitriles is 1. The first-order valence-electron chi connectivity index (χ1n) is 6.14. The number of imidazole rings is 1. The van der Waals surface area contributed by atoms with Gasteiger partial charge in [0, 0.05) is 18.4 Å². The summed E-state index contributed by atoms with van der Waals surface area (Å²) in [4.78, 5) is 3.97. The van der Waals surface area contributed by atoms with Crippen LogP contribution < -0.4 is 5.32 Å². The predicted molar refractivity (Wildman–Crippen MR) is 75.4 cm³/mol. The highest BCUT2D eigenvalue weighted by Gasteiger charge is 2.11. The highest BCUT2D eigenvalue weighted by atomic mass is 35.5. The third kappa shape index (κ3) is 2.78. The van der Waals surface area contributed by atoms with Crippen LogP contribution in [0.25, 0.3) is 5.69 Å². The lowest BCUT2D eigenvalue weighted by molar-refractivity contribution is 0.598. The standard InChI is InChI=1S/C14H15ClN4/c1-3-17-10(2)11-4-5-13(12(15)8-11)19-7-6-18-14(19)9-16/h4-8,10,17H,3H2,1-2H3. The highest BCUT2D eigenvalue weighted by molar-refractivity contribution is 6.32. The Morgan fingerprint density at radius 3 is 2.95 bits per heavy atom. The molecule has 0 aliphatic carbocycles. The van der Waals surface area contributed by atoms with Crippen LogP contribution in [0.5, 0.6) is 0 Å². The number of nitrogens with one attached hydrogen (secondary N) is 1. The van der Waals surface area contributed by atoms with Gasteiger partial charge in [0.2, 0.25) is 5.82 Å². The van der Waals surface area contributed by atoms with Crippen molar-refractivity contribution in [2.75, 3.05) is 6.54 Å². The van der Waals surface area contributed by atoms with E-state index in [1.165, 1.54) is 0 Å². The Hall–Kier alpha value is -1.83. The lowest BCUT2D eigenvalue weighted by Gasteiger charge is -2.15. The Kier molecular flexibility index (Phi) is 4.20. The minimum Gasteiger partial charge on any atom is -0.310 e. The van der Waals surface area contributed by atoms with E-state index in [0.29, 0.717) is 10.8 Å². The second-order valence-electron chi connectivity index (χ2n) is 4.22. The van der Waals surface area contributed by atoms with Crippen LogP contribution in [0.1, 0.15) is 31.3 Å². The van der Waals surface area contributed by atoms with Crippen LogP contribution in [0, 0.1) is 11.3 Å². The summed E-state index contributed by atoms with van der Waals surface area (Å²) < 4.78 is 1.68. The average Bonchev–Trinajstić information content (AvgIpc) is 2.87. The molecule has 1 aromatic heterocycles. The number of halogens is 1. The molecule has 0 radical (unpaired) electrons. The molecule has 1 heterocycles. The molecule has 2 rings (SSSR count). The molecule has 1 atom stereocenters. The van der Waals surface area contributed by atoms with Gasteiger partial charge in [-0.05, 0) is 31.2 Å². The smallest absolute Gasteiger partial charge is 0.217 e. The van der Waals surface area contributed by atoms with Crippen molar-refractivity contribution in [3.63, 3.8) is 0 Å². The van der Waals surface area contributed by atoms with Crippen LogP contribution in [-0.2, 0) is 0 Å². The number of rotatable bonds is 4. The number of hydrogen-bond acceptors (Lipinski definition) is 3. The first-order valence-corrected chi connectivity index (χ1v) is 6.51. The van der Waals surface area contributed by atoms with E-state index in [2.05, 4.69) is 24.1 Å². The summed E-state index contributed by atoms with van der Waals surface area (Å²) in [5, 5.41) is 12.9. The zero-order chi connectivity index (χ0) is 13.8. The fourth-order valence-corrected chi connectivity index (χ4v) is 2.27. The summed E-state index contributed by atoms with van der Waals surface area (Å²) >= 11 is 6.31. The average molecular weight is 275 g/mol. The van der Waals surface area contributed by atoms with Crippen LogP contribution in [0.2, 0.25) is 5.02 Å². The maximum absolute atomic E-state index is 8.99. The van der Waals surface area contributed by atoms with E-state index in [4.69, 9.17) is 16.9 Å². The van der Waals surface area contributed by atoms with Gasteiger partial charge in [-0.3, -0.25) is 4.57 Å². The summed E-state index contributed by atoms with van der Waals surface area (Å²) in [7, 11) is 0. The first-order chi connectivity index (χ1) is 9.17. The van der Waals surface area contributed by atoms with Gasteiger partial charge < -0.3 is 5.32 Å². The molecule has 2 aromatic rings. The molecule has 1 unspecified atom stereocenters. The van der Waals surface area contributed by atoms with E-state index in [-0.39, 0.29) is 6.04 Å². The van der Waals surface area contributed by atoms with Crippen molar-refractivity contribution in [3.8, 4) is 11.8 Å². The second kappa shape index (κ2) is 5.87. The molecule has 0 fully saturated rings. The Labute approximate surface area is 117 Å². The molecule has 1 N–H and O–H groups in total. The number of aromatic nitrogens is 2. The maximum Gasteiger partial charge on any atom is 0.217 e. The zero-order valence-electron chi connectivity index (χ0n) is 10.9. The van der Waals surface area contributed by atoms with E-state index in [0.717, 1.165) is 17.8 Å². The molecule has 0 aliphatic rings. The van der Waals surface area contributed by atoms with E-state index in [9.17, 15) is 0 Å². The summed E-state index contributed by atoms with van der Waals surface area (Å²) in [5.41, 5.74) is 1.89. The number of nitrogens with zero attached hydrogens (tertiary/aromatic N) is 3. The molecule has 4 nitrogen and oxygen atoms in total. The molecule has 5 heteroatoms. The molecule has 98 valence electrons. The Balaban J connectivity index is 2.38. The molecule has 0 saturated carbocycles. The van der Waals surface area contributed by atoms with Gasteiger partial charge in [-0.1, -0.05) is 24.6 Å². The van der Waals surface area contributed by atoms with Crippen molar-refractivity contribution in [2.45, 2.75) is 19.9 Å². The molecular weight excluding hydrogens is 260 g/mol. The van der Waals surface area contributed by atoms with Crippen molar-refractivity contribution in [1.29, 1.82) is 5.26 Å². The van der Waals surface area contributed by atoms with Crippen LogP contribution in [-0.4, -0.2) is 16.1 Å². The molecule has 0 saturated heterocycles. The van der Waals surface area contributed by atoms with Crippen molar-refractivity contribution in [1.82, 2.24) is 14.9 Å². The minimum atomic E-state index is 0.245. The maximum atomic E-state index is 8.99. The van der Waals surface area contributed by atoms with E-state index < -0.39 is 0 Å². The summed E-state index contributed by atoms with van der Waals surface area (Å²) in [6, 6.07) is 8.13. The van der Waals surface area contributed by atoms with Crippen LogP contribution >= 0.6 is 11.6 Å². The Morgan fingerprint density at radius 2 is 2.32 bits per heavy atom. The van der Waals surface area contributed by atoms with E-state index in [1.807, 2.05) is 24.3 Å². The largest absolute Gasteiger partial charge is 0.310 e. The first kappa shape index (κ1) is 13.6. The van der Waals surface area contributed by atoms with Gasteiger partial charge in [-0.2, -0.15) is 5.26 Å². The van der Waals surface area contributed by atoms with Gasteiger partial charge in [0.1, 0.15) is 6.07 Å². The molecule has 1 aromatic carbocycles. The van der Waals surface area contributed by atoms with Crippen LogP contribution in [0.4, 0.5) is 0 Å².